The highest BCUT2D eigenvalue weighted by atomic mass is 32.1. The minimum atomic E-state index is 0.0655. The molecule has 0 amide bonds. The molecule has 0 spiro atoms. The summed E-state index contributed by atoms with van der Waals surface area (Å²) in [7, 11) is 0. The summed E-state index contributed by atoms with van der Waals surface area (Å²) >= 11 is 1.42. The number of allylic oxidation sites excluding steroid dienone is 5. The van der Waals surface area contributed by atoms with Crippen molar-refractivity contribution in [3.05, 3.63) is 46.5 Å². The van der Waals surface area contributed by atoms with Crippen molar-refractivity contribution in [2.75, 3.05) is 0 Å². The van der Waals surface area contributed by atoms with E-state index in [1.807, 2.05) is 32.1 Å². The molecular weight excluding hydrogens is 218 g/mol. The van der Waals surface area contributed by atoms with Crippen LogP contribution in [-0.2, 0) is 0 Å². The summed E-state index contributed by atoms with van der Waals surface area (Å²) in [6.07, 6.45) is 7.56. The summed E-state index contributed by atoms with van der Waals surface area (Å²) in [5.41, 5.74) is 1.74. The normalized spacial score (nSPS) is 12.1. The van der Waals surface area contributed by atoms with Gasteiger partial charge in [0.05, 0.1) is 10.6 Å². The highest BCUT2D eigenvalue weighted by molar-refractivity contribution is 7.14. The second-order valence-electron chi connectivity index (χ2n) is 3.34. The van der Waals surface area contributed by atoms with Gasteiger partial charge in [0.2, 0.25) is 0 Å². The number of aryl methyl sites for hydroxylation is 1. The number of aromatic nitrogens is 1. The van der Waals surface area contributed by atoms with Crippen molar-refractivity contribution in [2.45, 2.75) is 20.8 Å². The SMILES string of the molecule is C=C/C(=C\C=C/C)c1nc(C)c(C(C)=O)s1. The van der Waals surface area contributed by atoms with Gasteiger partial charge in [0, 0.05) is 12.5 Å². The van der Waals surface area contributed by atoms with Crippen molar-refractivity contribution in [3.63, 3.8) is 0 Å². The van der Waals surface area contributed by atoms with Gasteiger partial charge >= 0.3 is 0 Å². The zero-order chi connectivity index (χ0) is 12.1. The Hall–Kier alpha value is -1.48. The second-order valence-corrected chi connectivity index (χ2v) is 4.34. The van der Waals surface area contributed by atoms with Crippen LogP contribution in [0.15, 0.2) is 30.9 Å². The van der Waals surface area contributed by atoms with Crippen molar-refractivity contribution < 1.29 is 4.79 Å². The van der Waals surface area contributed by atoms with Crippen molar-refractivity contribution in [1.29, 1.82) is 0 Å². The van der Waals surface area contributed by atoms with E-state index < -0.39 is 0 Å². The van der Waals surface area contributed by atoms with Crippen LogP contribution in [0.25, 0.3) is 5.57 Å². The van der Waals surface area contributed by atoms with Crippen molar-refractivity contribution in [2.24, 2.45) is 0 Å². The Balaban J connectivity index is 3.17. The zero-order valence-corrected chi connectivity index (χ0v) is 10.6. The number of carbonyl (C=O) groups is 1. The maximum Gasteiger partial charge on any atom is 0.171 e. The summed E-state index contributed by atoms with van der Waals surface area (Å²) in [4.78, 5) is 16.4. The van der Waals surface area contributed by atoms with Gasteiger partial charge in [-0.2, -0.15) is 0 Å². The molecule has 16 heavy (non-hydrogen) atoms. The molecule has 0 atom stereocenters. The molecule has 1 aromatic rings. The fourth-order valence-electron chi connectivity index (χ4n) is 1.27. The summed E-state index contributed by atoms with van der Waals surface area (Å²) in [5.74, 6) is 0.0655. The van der Waals surface area contributed by atoms with E-state index in [0.29, 0.717) is 0 Å². The van der Waals surface area contributed by atoms with E-state index >= 15 is 0 Å². The predicted octanol–water partition coefficient (Wildman–Crippen LogP) is 3.80. The third kappa shape index (κ3) is 2.76. The smallest absolute Gasteiger partial charge is 0.171 e. The summed E-state index contributed by atoms with van der Waals surface area (Å²) in [6, 6.07) is 0. The molecule has 0 aromatic carbocycles. The van der Waals surface area contributed by atoms with Crippen LogP contribution in [0.4, 0.5) is 0 Å². The molecule has 0 unspecified atom stereocenters. The fourth-order valence-corrected chi connectivity index (χ4v) is 2.26. The van der Waals surface area contributed by atoms with Gasteiger partial charge in [-0.25, -0.2) is 4.98 Å². The van der Waals surface area contributed by atoms with E-state index in [-0.39, 0.29) is 5.78 Å². The Morgan fingerprint density at radius 3 is 2.62 bits per heavy atom. The summed E-state index contributed by atoms with van der Waals surface area (Å²) in [5, 5.41) is 0.843. The van der Waals surface area contributed by atoms with Crippen LogP contribution in [0, 0.1) is 6.92 Å². The van der Waals surface area contributed by atoms with E-state index in [9.17, 15) is 4.79 Å². The molecule has 0 radical (unpaired) electrons. The molecule has 0 bridgehead atoms. The standard InChI is InChI=1S/C13H15NOS/c1-5-7-8-11(6-2)13-14-9(3)12(16-13)10(4)15/h5-8H,2H2,1,3-4H3/b7-5-,11-8+. The fraction of sp³-hybridized carbons (Fsp3) is 0.231. The Morgan fingerprint density at radius 2 is 2.19 bits per heavy atom. The summed E-state index contributed by atoms with van der Waals surface area (Å²) < 4.78 is 0. The average molecular weight is 233 g/mol. The van der Waals surface area contributed by atoms with Gasteiger partial charge in [0.15, 0.2) is 5.78 Å². The molecule has 0 saturated carbocycles. The molecule has 84 valence electrons. The molecule has 0 saturated heterocycles. The highest BCUT2D eigenvalue weighted by Crippen LogP contribution is 2.25. The number of thiazole rings is 1. The quantitative estimate of drug-likeness (QED) is 0.585. The average Bonchev–Trinajstić information content (AvgIpc) is 2.62. The van der Waals surface area contributed by atoms with Gasteiger partial charge in [0.1, 0.15) is 5.01 Å². The summed E-state index contributed by atoms with van der Waals surface area (Å²) in [6.45, 7) is 9.12. The topological polar surface area (TPSA) is 30.0 Å². The van der Waals surface area contributed by atoms with Crippen molar-refractivity contribution in [1.82, 2.24) is 4.98 Å². The number of carbonyl (C=O) groups excluding carboxylic acids is 1. The van der Waals surface area contributed by atoms with Gasteiger partial charge in [-0.1, -0.05) is 30.9 Å². The lowest BCUT2D eigenvalue weighted by atomic mass is 10.2. The van der Waals surface area contributed by atoms with E-state index in [2.05, 4.69) is 11.6 Å². The monoisotopic (exact) mass is 233 g/mol. The largest absolute Gasteiger partial charge is 0.294 e. The maximum atomic E-state index is 11.3. The maximum absolute atomic E-state index is 11.3. The number of rotatable bonds is 4. The van der Waals surface area contributed by atoms with E-state index in [1.165, 1.54) is 11.3 Å². The molecule has 0 fully saturated rings. The van der Waals surface area contributed by atoms with E-state index in [0.717, 1.165) is 21.2 Å². The van der Waals surface area contributed by atoms with Gasteiger partial charge in [-0.3, -0.25) is 4.79 Å². The Labute approximate surface area is 100 Å². The number of Topliss-reactive ketones (excluding diaryl/α,β-unsaturated/α-hetero) is 1. The number of hydrogen-bond acceptors (Lipinski definition) is 3. The first kappa shape index (κ1) is 12.6. The molecule has 0 aliphatic heterocycles. The third-order valence-corrected chi connectivity index (χ3v) is 3.36. The van der Waals surface area contributed by atoms with Crippen LogP contribution in [0.2, 0.25) is 0 Å². The van der Waals surface area contributed by atoms with Crippen LogP contribution >= 0.6 is 11.3 Å². The minimum Gasteiger partial charge on any atom is -0.294 e. The van der Waals surface area contributed by atoms with Gasteiger partial charge in [-0.05, 0) is 13.8 Å². The first-order valence-electron chi connectivity index (χ1n) is 5.04. The Morgan fingerprint density at radius 1 is 1.50 bits per heavy atom. The first-order valence-corrected chi connectivity index (χ1v) is 5.86. The van der Waals surface area contributed by atoms with Crippen molar-refractivity contribution in [3.8, 4) is 0 Å². The molecule has 0 aliphatic rings. The molecule has 1 rings (SSSR count). The van der Waals surface area contributed by atoms with Crippen LogP contribution in [0.1, 0.15) is 34.2 Å². The van der Waals surface area contributed by atoms with E-state index in [4.69, 9.17) is 0 Å². The molecular formula is C13H15NOS. The van der Waals surface area contributed by atoms with E-state index in [1.54, 1.807) is 13.0 Å². The lowest BCUT2D eigenvalue weighted by molar-refractivity contribution is 0.102. The van der Waals surface area contributed by atoms with Crippen LogP contribution in [-0.4, -0.2) is 10.8 Å². The first-order chi connectivity index (χ1) is 7.60. The number of hydrogen-bond donors (Lipinski definition) is 0. The molecule has 0 N–H and O–H groups in total. The second kappa shape index (κ2) is 5.56. The van der Waals surface area contributed by atoms with Crippen LogP contribution < -0.4 is 0 Å². The van der Waals surface area contributed by atoms with Crippen LogP contribution in [0.5, 0.6) is 0 Å². The number of nitrogens with zero attached hydrogens (tertiary/aromatic N) is 1. The molecule has 0 aliphatic carbocycles. The molecule has 3 heteroatoms. The third-order valence-electron chi connectivity index (χ3n) is 2.05. The lowest BCUT2D eigenvalue weighted by Gasteiger charge is -1.92. The minimum absolute atomic E-state index is 0.0655. The van der Waals surface area contributed by atoms with Crippen molar-refractivity contribution >= 4 is 22.7 Å². The predicted molar refractivity (Wildman–Crippen MR) is 69.8 cm³/mol. The lowest BCUT2D eigenvalue weighted by Crippen LogP contribution is -1.89. The Kier molecular flexibility index (Phi) is 4.38. The highest BCUT2D eigenvalue weighted by Gasteiger charge is 2.12. The van der Waals surface area contributed by atoms with Gasteiger partial charge < -0.3 is 0 Å². The molecule has 1 heterocycles. The molecule has 2 nitrogen and oxygen atoms in total. The van der Waals surface area contributed by atoms with Gasteiger partial charge in [0.25, 0.3) is 0 Å². The Bertz CT molecular complexity index is 466. The molecule has 1 aromatic heterocycles. The number of ketones is 1. The van der Waals surface area contributed by atoms with Gasteiger partial charge in [-0.15, -0.1) is 11.3 Å². The zero-order valence-electron chi connectivity index (χ0n) is 9.78. The van der Waals surface area contributed by atoms with Crippen LogP contribution in [0.3, 0.4) is 0 Å².